The van der Waals surface area contributed by atoms with E-state index in [4.69, 9.17) is 0 Å². The van der Waals surface area contributed by atoms with Gasteiger partial charge in [0.25, 0.3) is 0 Å². The van der Waals surface area contributed by atoms with Crippen molar-refractivity contribution in [3.05, 3.63) is 84.4 Å². The summed E-state index contributed by atoms with van der Waals surface area (Å²) in [6.45, 7) is 5.92. The molecule has 0 unspecified atom stereocenters. The van der Waals surface area contributed by atoms with Crippen LogP contribution in [0.25, 0.3) is 22.9 Å². The largest absolute Gasteiger partial charge is 0.355 e. The molecule has 0 radical (unpaired) electrons. The van der Waals surface area contributed by atoms with Gasteiger partial charge in [-0.05, 0) is 53.1 Å². The van der Waals surface area contributed by atoms with Crippen molar-refractivity contribution >= 4 is 34.3 Å². The summed E-state index contributed by atoms with van der Waals surface area (Å²) in [5, 5.41) is 5.96. The molecular weight excluding hydrogens is 266 g/mol. The van der Waals surface area contributed by atoms with Crippen LogP contribution in [0.1, 0.15) is 18.1 Å². The van der Waals surface area contributed by atoms with Crippen LogP contribution in [0.2, 0.25) is 0 Å². The highest BCUT2D eigenvalue weighted by Crippen LogP contribution is 2.24. The Morgan fingerprint density at radius 2 is 1.55 bits per heavy atom. The van der Waals surface area contributed by atoms with Crippen LogP contribution in [0.5, 0.6) is 0 Å². The molecule has 0 atom stereocenters. The van der Waals surface area contributed by atoms with Crippen LogP contribution >= 0.6 is 0 Å². The highest BCUT2D eigenvalue weighted by atomic mass is 14.9. The second kappa shape index (κ2) is 6.31. The summed E-state index contributed by atoms with van der Waals surface area (Å²) >= 11 is 0. The van der Waals surface area contributed by atoms with E-state index >= 15 is 0 Å². The van der Waals surface area contributed by atoms with E-state index in [-0.39, 0.29) is 0 Å². The van der Waals surface area contributed by atoms with Crippen molar-refractivity contribution in [3.63, 3.8) is 0 Å². The van der Waals surface area contributed by atoms with E-state index < -0.39 is 0 Å². The fraction of sp³-hybridized carbons (Fsp3) is 0.0476. The van der Waals surface area contributed by atoms with Gasteiger partial charge < -0.3 is 5.32 Å². The predicted molar refractivity (Wildman–Crippen MR) is 98.5 cm³/mol. The molecule has 0 heterocycles. The molecule has 0 aliphatic heterocycles. The topological polar surface area (TPSA) is 12.0 Å². The molecule has 108 valence electrons. The van der Waals surface area contributed by atoms with E-state index in [1.165, 1.54) is 16.3 Å². The molecule has 22 heavy (non-hydrogen) atoms. The van der Waals surface area contributed by atoms with E-state index in [9.17, 15) is 0 Å². The Bertz CT molecular complexity index is 843. The second-order valence-corrected chi connectivity index (χ2v) is 5.23. The Morgan fingerprint density at radius 1 is 0.818 bits per heavy atom. The fourth-order valence-electron chi connectivity index (χ4n) is 2.59. The van der Waals surface area contributed by atoms with Gasteiger partial charge in [0.2, 0.25) is 0 Å². The Balaban J connectivity index is 1.92. The lowest BCUT2D eigenvalue weighted by molar-refractivity contribution is 1.53. The summed E-state index contributed by atoms with van der Waals surface area (Å²) in [6, 6.07) is 21.1. The molecule has 0 saturated heterocycles. The van der Waals surface area contributed by atoms with Crippen molar-refractivity contribution < 1.29 is 0 Å². The first kappa shape index (κ1) is 14.2. The maximum atomic E-state index is 3.90. The van der Waals surface area contributed by atoms with Crippen molar-refractivity contribution in [1.82, 2.24) is 0 Å². The molecule has 0 aliphatic rings. The highest BCUT2D eigenvalue weighted by molar-refractivity contribution is 5.86. The van der Waals surface area contributed by atoms with Crippen LogP contribution < -0.4 is 5.32 Å². The summed E-state index contributed by atoms with van der Waals surface area (Å²) in [5.74, 6) is 0. The number of fused-ring (bicyclic) bond motifs is 1. The summed E-state index contributed by atoms with van der Waals surface area (Å²) in [6.07, 6.45) is 6.02. The van der Waals surface area contributed by atoms with Crippen molar-refractivity contribution in [2.24, 2.45) is 0 Å². The number of hydrogen-bond donors (Lipinski definition) is 1. The summed E-state index contributed by atoms with van der Waals surface area (Å²) in [4.78, 5) is 0. The van der Waals surface area contributed by atoms with E-state index in [1.54, 1.807) is 0 Å². The van der Waals surface area contributed by atoms with Gasteiger partial charge in [-0.2, -0.15) is 0 Å². The lowest BCUT2D eigenvalue weighted by Gasteiger charge is -2.10. The molecule has 0 amide bonds. The summed E-state index contributed by atoms with van der Waals surface area (Å²) < 4.78 is 0. The normalized spacial score (nSPS) is 11.0. The first-order valence-corrected chi connectivity index (χ1v) is 7.45. The van der Waals surface area contributed by atoms with Gasteiger partial charge in [0.05, 0.1) is 0 Å². The van der Waals surface area contributed by atoms with Crippen molar-refractivity contribution in [1.29, 1.82) is 0 Å². The quantitative estimate of drug-likeness (QED) is 0.596. The van der Waals surface area contributed by atoms with Gasteiger partial charge in [-0.3, -0.25) is 0 Å². The number of rotatable bonds is 4. The third-order valence-electron chi connectivity index (χ3n) is 3.69. The number of allylic oxidation sites excluding steroid dienone is 1. The van der Waals surface area contributed by atoms with Crippen molar-refractivity contribution in [2.75, 3.05) is 5.32 Å². The molecule has 3 aromatic rings. The fourth-order valence-corrected chi connectivity index (χ4v) is 2.59. The van der Waals surface area contributed by atoms with Crippen LogP contribution in [0.15, 0.2) is 73.3 Å². The zero-order chi connectivity index (χ0) is 15.4. The monoisotopic (exact) mass is 285 g/mol. The third-order valence-corrected chi connectivity index (χ3v) is 3.69. The van der Waals surface area contributed by atoms with Crippen molar-refractivity contribution in [2.45, 2.75) is 6.92 Å². The van der Waals surface area contributed by atoms with Crippen LogP contribution in [-0.2, 0) is 0 Å². The molecule has 0 aliphatic carbocycles. The van der Waals surface area contributed by atoms with E-state index in [0.29, 0.717) is 0 Å². The van der Waals surface area contributed by atoms with Crippen molar-refractivity contribution in [3.8, 4) is 0 Å². The van der Waals surface area contributed by atoms with Gasteiger partial charge in [-0.15, -0.1) is 0 Å². The predicted octanol–water partition coefficient (Wildman–Crippen LogP) is 6.26. The average molecular weight is 285 g/mol. The molecule has 0 saturated carbocycles. The van der Waals surface area contributed by atoms with Crippen LogP contribution in [0.4, 0.5) is 11.4 Å². The first-order chi connectivity index (χ1) is 10.8. The molecule has 1 N–H and O–H groups in total. The first-order valence-electron chi connectivity index (χ1n) is 7.45. The van der Waals surface area contributed by atoms with E-state index in [2.05, 4.69) is 78.6 Å². The molecule has 0 bridgehead atoms. The summed E-state index contributed by atoms with van der Waals surface area (Å²) in [5.41, 5.74) is 4.47. The molecule has 1 heteroatoms. The highest BCUT2D eigenvalue weighted by Gasteiger charge is 2.01. The van der Waals surface area contributed by atoms with Gasteiger partial charge in [0, 0.05) is 11.4 Å². The molecule has 0 aromatic heterocycles. The maximum Gasteiger partial charge on any atom is 0.0390 e. The molecular formula is C21H19N. The zero-order valence-corrected chi connectivity index (χ0v) is 12.7. The van der Waals surface area contributed by atoms with E-state index in [1.807, 2.05) is 19.1 Å². The maximum absolute atomic E-state index is 3.90. The van der Waals surface area contributed by atoms with Gasteiger partial charge in [0.15, 0.2) is 0 Å². The lowest BCUT2D eigenvalue weighted by Crippen LogP contribution is -1.92. The second-order valence-electron chi connectivity index (χ2n) is 5.23. The Labute approximate surface area is 131 Å². The number of hydrogen-bond acceptors (Lipinski definition) is 1. The standard InChI is InChI=1S/C21H19N/c1-3-7-17-10-12-20(14-16(17)4-2)22-21-13-11-18-8-5-6-9-19(18)15-21/h3-15,22H,2H2,1H3/b7-3-. The van der Waals surface area contributed by atoms with Gasteiger partial charge in [-0.25, -0.2) is 0 Å². The van der Waals surface area contributed by atoms with Gasteiger partial charge >= 0.3 is 0 Å². The van der Waals surface area contributed by atoms with Gasteiger partial charge in [-0.1, -0.05) is 61.2 Å². The SMILES string of the molecule is C=Cc1cc(Nc2ccc3ccccc3c2)ccc1/C=C\C. The minimum absolute atomic E-state index is 1.07. The molecule has 0 spiro atoms. The molecule has 3 rings (SSSR count). The minimum Gasteiger partial charge on any atom is -0.355 e. The van der Waals surface area contributed by atoms with Gasteiger partial charge in [0.1, 0.15) is 0 Å². The number of nitrogens with one attached hydrogen (secondary N) is 1. The number of anilines is 2. The minimum atomic E-state index is 1.07. The third kappa shape index (κ3) is 2.94. The van der Waals surface area contributed by atoms with E-state index in [0.717, 1.165) is 16.9 Å². The summed E-state index contributed by atoms with van der Waals surface area (Å²) in [7, 11) is 0. The Morgan fingerprint density at radius 3 is 2.32 bits per heavy atom. The van der Waals surface area contributed by atoms with Crippen LogP contribution in [0, 0.1) is 0 Å². The Kier molecular flexibility index (Phi) is 4.06. The lowest BCUT2D eigenvalue weighted by atomic mass is 10.1. The van der Waals surface area contributed by atoms with Crippen LogP contribution in [0.3, 0.4) is 0 Å². The molecule has 3 aromatic carbocycles. The molecule has 0 fully saturated rings. The Hall–Kier alpha value is -2.80. The van der Waals surface area contributed by atoms with Crippen LogP contribution in [-0.4, -0.2) is 0 Å². The number of benzene rings is 3. The smallest absolute Gasteiger partial charge is 0.0390 e. The zero-order valence-electron chi connectivity index (χ0n) is 12.7. The molecule has 1 nitrogen and oxygen atoms in total. The average Bonchev–Trinajstić information content (AvgIpc) is 2.56.